The second kappa shape index (κ2) is 17.0. The van der Waals surface area contributed by atoms with E-state index < -0.39 is 0 Å². The molecule has 100 valence electrons. The lowest BCUT2D eigenvalue weighted by Crippen LogP contribution is -2.02. The topological polar surface area (TPSA) is 148 Å². The van der Waals surface area contributed by atoms with Crippen LogP contribution in [0.15, 0.2) is 11.6 Å². The molecule has 5 nitrogen and oxygen atoms in total. The first kappa shape index (κ1) is 20.9. The van der Waals surface area contributed by atoms with Crippen LogP contribution in [-0.2, 0) is 0 Å². The minimum Gasteiger partial charge on any atom is -0.344 e. The molecule has 0 heterocycles. The molecule has 0 rings (SSSR count). The zero-order chi connectivity index (χ0) is 10.6. The standard InChI is InChI=1S/C11H25N3.2H3N/c12-8-2-1-5-11(6-3-9-13)7-4-10-14;;/h5H,1-4,6-10,12-14H2;2*1H3. The zero-order valence-corrected chi connectivity index (χ0v) is 10.6. The molecule has 0 aliphatic carbocycles. The first-order chi connectivity index (χ1) is 6.85. The average molecular weight is 233 g/mol. The van der Waals surface area contributed by atoms with Crippen LogP contribution in [0, 0.1) is 0 Å². The zero-order valence-electron chi connectivity index (χ0n) is 10.6. The SMILES string of the molecule is N.N.NCCCC=C(CCCN)CCCN. The molecule has 0 aliphatic rings. The van der Waals surface area contributed by atoms with E-state index in [9.17, 15) is 0 Å². The van der Waals surface area contributed by atoms with Crippen molar-refractivity contribution < 1.29 is 0 Å². The van der Waals surface area contributed by atoms with E-state index in [2.05, 4.69) is 6.08 Å². The minimum atomic E-state index is 0. The first-order valence-electron chi connectivity index (χ1n) is 5.63. The van der Waals surface area contributed by atoms with Gasteiger partial charge < -0.3 is 29.5 Å². The van der Waals surface area contributed by atoms with Gasteiger partial charge in [0.2, 0.25) is 0 Å². The number of hydrogen-bond donors (Lipinski definition) is 5. The van der Waals surface area contributed by atoms with Gasteiger partial charge in [0.25, 0.3) is 0 Å². The van der Waals surface area contributed by atoms with Crippen LogP contribution in [0.2, 0.25) is 0 Å². The summed E-state index contributed by atoms with van der Waals surface area (Å²) in [5, 5.41) is 0. The Bertz CT molecular complexity index is 137. The van der Waals surface area contributed by atoms with Crippen molar-refractivity contribution in [2.24, 2.45) is 17.2 Å². The van der Waals surface area contributed by atoms with Gasteiger partial charge in [-0.25, -0.2) is 0 Å². The second-order valence-electron chi connectivity index (χ2n) is 3.58. The highest BCUT2D eigenvalue weighted by Gasteiger charge is 1.96. The highest BCUT2D eigenvalue weighted by Crippen LogP contribution is 2.12. The van der Waals surface area contributed by atoms with Crippen LogP contribution < -0.4 is 29.5 Å². The molecule has 0 radical (unpaired) electrons. The van der Waals surface area contributed by atoms with Gasteiger partial charge in [0, 0.05) is 0 Å². The Balaban J connectivity index is -0.000000845. The molecule has 0 bridgehead atoms. The molecule has 0 spiro atoms. The predicted octanol–water partition coefficient (Wildman–Crippen LogP) is 1.45. The van der Waals surface area contributed by atoms with E-state index in [1.54, 1.807) is 0 Å². The highest BCUT2D eigenvalue weighted by molar-refractivity contribution is 5.02. The smallest absolute Gasteiger partial charge is 0.00742 e. The van der Waals surface area contributed by atoms with Crippen molar-refractivity contribution in [2.75, 3.05) is 19.6 Å². The van der Waals surface area contributed by atoms with Crippen LogP contribution in [0.3, 0.4) is 0 Å². The highest BCUT2D eigenvalue weighted by atomic mass is 14.5. The lowest BCUT2D eigenvalue weighted by Gasteiger charge is -2.06. The van der Waals surface area contributed by atoms with Gasteiger partial charge in [0.1, 0.15) is 0 Å². The second-order valence-corrected chi connectivity index (χ2v) is 3.58. The summed E-state index contributed by atoms with van der Waals surface area (Å²) >= 11 is 0. The summed E-state index contributed by atoms with van der Waals surface area (Å²) in [6, 6.07) is 0. The molecule has 5 heteroatoms. The van der Waals surface area contributed by atoms with Gasteiger partial charge >= 0.3 is 0 Å². The van der Waals surface area contributed by atoms with Gasteiger partial charge in [-0.15, -0.1) is 0 Å². The summed E-state index contributed by atoms with van der Waals surface area (Å²) in [5.74, 6) is 0. The van der Waals surface area contributed by atoms with Crippen LogP contribution in [0.1, 0.15) is 38.5 Å². The van der Waals surface area contributed by atoms with E-state index in [1.165, 1.54) is 5.57 Å². The molecule has 0 aromatic rings. The number of hydrogen-bond acceptors (Lipinski definition) is 5. The summed E-state index contributed by atoms with van der Waals surface area (Å²) < 4.78 is 0. The number of allylic oxidation sites excluding steroid dienone is 2. The fourth-order valence-corrected chi connectivity index (χ4v) is 1.41. The van der Waals surface area contributed by atoms with Crippen molar-refractivity contribution >= 4 is 0 Å². The molecule has 0 amide bonds. The summed E-state index contributed by atoms with van der Waals surface area (Å²) in [6.45, 7) is 2.32. The Morgan fingerprint density at radius 1 is 0.750 bits per heavy atom. The average Bonchev–Trinajstić information content (AvgIpc) is 2.21. The summed E-state index contributed by atoms with van der Waals surface area (Å²) in [7, 11) is 0. The van der Waals surface area contributed by atoms with Crippen LogP contribution >= 0.6 is 0 Å². The van der Waals surface area contributed by atoms with Crippen LogP contribution in [0.5, 0.6) is 0 Å². The molecular weight excluding hydrogens is 202 g/mol. The lowest BCUT2D eigenvalue weighted by molar-refractivity contribution is 0.732. The molecule has 12 N–H and O–H groups in total. The minimum absolute atomic E-state index is 0. The number of unbranched alkanes of at least 4 members (excludes halogenated alkanes) is 1. The van der Waals surface area contributed by atoms with Gasteiger partial charge in [-0.1, -0.05) is 11.6 Å². The van der Waals surface area contributed by atoms with Crippen molar-refractivity contribution in [3.63, 3.8) is 0 Å². The molecule has 0 fully saturated rings. The van der Waals surface area contributed by atoms with Crippen molar-refractivity contribution in [3.8, 4) is 0 Å². The van der Waals surface area contributed by atoms with Crippen LogP contribution in [0.25, 0.3) is 0 Å². The fourth-order valence-electron chi connectivity index (χ4n) is 1.41. The monoisotopic (exact) mass is 233 g/mol. The molecule has 0 aliphatic heterocycles. The quantitative estimate of drug-likeness (QED) is 0.302. The van der Waals surface area contributed by atoms with Gasteiger partial charge in [0.15, 0.2) is 0 Å². The van der Waals surface area contributed by atoms with Gasteiger partial charge in [-0.2, -0.15) is 0 Å². The Morgan fingerprint density at radius 3 is 1.56 bits per heavy atom. The van der Waals surface area contributed by atoms with E-state index >= 15 is 0 Å². The van der Waals surface area contributed by atoms with Gasteiger partial charge in [-0.3, -0.25) is 0 Å². The maximum atomic E-state index is 5.49. The Labute approximate surface area is 100.0 Å². The predicted molar refractivity (Wildman–Crippen MR) is 73.0 cm³/mol. The third kappa shape index (κ3) is 13.5. The Kier molecular flexibility index (Phi) is 22.1. The Morgan fingerprint density at radius 2 is 1.19 bits per heavy atom. The molecular formula is C11H31N5. The van der Waals surface area contributed by atoms with E-state index in [-0.39, 0.29) is 12.3 Å². The largest absolute Gasteiger partial charge is 0.344 e. The summed E-state index contributed by atoms with van der Waals surface area (Å²) in [6.07, 6.45) is 8.91. The number of nitrogens with two attached hydrogens (primary N) is 3. The van der Waals surface area contributed by atoms with E-state index in [4.69, 9.17) is 17.2 Å². The summed E-state index contributed by atoms with van der Waals surface area (Å²) in [4.78, 5) is 0. The first-order valence-corrected chi connectivity index (χ1v) is 5.63. The Hall–Kier alpha value is -0.460. The summed E-state index contributed by atoms with van der Waals surface area (Å²) in [5.41, 5.74) is 17.9. The third-order valence-electron chi connectivity index (χ3n) is 2.25. The molecule has 0 saturated carbocycles. The van der Waals surface area contributed by atoms with Gasteiger partial charge in [-0.05, 0) is 58.2 Å². The molecule has 0 saturated heterocycles. The lowest BCUT2D eigenvalue weighted by atomic mass is 10.0. The number of rotatable bonds is 9. The molecule has 0 aromatic carbocycles. The van der Waals surface area contributed by atoms with E-state index in [1.807, 2.05) is 0 Å². The molecule has 16 heavy (non-hydrogen) atoms. The van der Waals surface area contributed by atoms with E-state index in [0.29, 0.717) is 0 Å². The van der Waals surface area contributed by atoms with Crippen molar-refractivity contribution in [3.05, 3.63) is 11.6 Å². The van der Waals surface area contributed by atoms with Crippen molar-refractivity contribution in [2.45, 2.75) is 38.5 Å². The molecule has 0 atom stereocenters. The van der Waals surface area contributed by atoms with Gasteiger partial charge in [0.05, 0.1) is 0 Å². The molecule has 0 aromatic heterocycles. The van der Waals surface area contributed by atoms with E-state index in [0.717, 1.165) is 58.2 Å². The third-order valence-corrected chi connectivity index (χ3v) is 2.25. The van der Waals surface area contributed by atoms with Crippen molar-refractivity contribution in [1.29, 1.82) is 0 Å². The fraction of sp³-hybridized carbons (Fsp3) is 0.818. The normalized spacial score (nSPS) is 8.94. The van der Waals surface area contributed by atoms with Crippen LogP contribution in [-0.4, -0.2) is 19.6 Å². The maximum absolute atomic E-state index is 5.49. The molecule has 0 unspecified atom stereocenters. The van der Waals surface area contributed by atoms with Crippen LogP contribution in [0.4, 0.5) is 0 Å². The van der Waals surface area contributed by atoms with Crippen molar-refractivity contribution in [1.82, 2.24) is 12.3 Å². The maximum Gasteiger partial charge on any atom is -0.00742 e.